The molecule has 6 heteroatoms. The summed E-state index contributed by atoms with van der Waals surface area (Å²) in [4.78, 5) is 22.0. The van der Waals surface area contributed by atoms with Gasteiger partial charge in [-0.15, -0.1) is 11.8 Å². The van der Waals surface area contributed by atoms with Crippen molar-refractivity contribution in [2.24, 2.45) is 0 Å². The molecule has 1 unspecified atom stereocenters. The summed E-state index contributed by atoms with van der Waals surface area (Å²) >= 11 is 1.36. The van der Waals surface area contributed by atoms with E-state index >= 15 is 0 Å². The molecule has 0 aromatic rings. The van der Waals surface area contributed by atoms with E-state index in [9.17, 15) is 9.59 Å². The van der Waals surface area contributed by atoms with Crippen molar-refractivity contribution in [1.29, 1.82) is 0 Å². The molecule has 1 aliphatic rings. The van der Waals surface area contributed by atoms with Crippen molar-refractivity contribution in [3.63, 3.8) is 0 Å². The van der Waals surface area contributed by atoms with Gasteiger partial charge in [0.15, 0.2) is 4.87 Å². The maximum absolute atomic E-state index is 11.6. The summed E-state index contributed by atoms with van der Waals surface area (Å²) in [5.74, 6) is -0.181. The molecule has 0 amide bonds. The van der Waals surface area contributed by atoms with Crippen LogP contribution in [-0.2, 0) is 19.1 Å². The molecule has 0 spiro atoms. The Morgan fingerprint density at radius 2 is 2.27 bits per heavy atom. The second kappa shape index (κ2) is 4.85. The first-order valence-electron chi connectivity index (χ1n) is 4.70. The van der Waals surface area contributed by atoms with Crippen LogP contribution in [0.25, 0.3) is 0 Å². The van der Waals surface area contributed by atoms with E-state index in [2.05, 4.69) is 10.1 Å². The molecule has 1 fully saturated rings. The van der Waals surface area contributed by atoms with Gasteiger partial charge in [-0.05, 0) is 13.8 Å². The average Bonchev–Trinajstić information content (AvgIpc) is 2.62. The lowest BCUT2D eigenvalue weighted by molar-refractivity contribution is -0.147. The maximum Gasteiger partial charge on any atom is 0.336 e. The van der Waals surface area contributed by atoms with Crippen LogP contribution in [-0.4, -0.2) is 42.3 Å². The highest BCUT2D eigenvalue weighted by atomic mass is 32.2. The number of nitrogens with one attached hydrogen (secondary N) is 1. The SMILES string of the molecule is CCOC(=O)C1(C)N[C@H](C(=O)OC)CS1. The molecule has 0 saturated carbocycles. The number of hydrogen-bond donors (Lipinski definition) is 1. The van der Waals surface area contributed by atoms with Crippen LogP contribution in [0.15, 0.2) is 0 Å². The predicted molar refractivity (Wildman–Crippen MR) is 56.4 cm³/mol. The Balaban J connectivity index is 2.60. The number of esters is 2. The summed E-state index contributed by atoms with van der Waals surface area (Å²) in [6, 6.07) is -0.436. The summed E-state index contributed by atoms with van der Waals surface area (Å²) in [5.41, 5.74) is 0. The molecule has 0 aromatic heterocycles. The highest BCUT2D eigenvalue weighted by molar-refractivity contribution is 8.01. The summed E-state index contributed by atoms with van der Waals surface area (Å²) in [6.07, 6.45) is 0. The van der Waals surface area contributed by atoms with Crippen molar-refractivity contribution in [2.45, 2.75) is 24.8 Å². The fourth-order valence-electron chi connectivity index (χ4n) is 1.32. The number of carbonyl (C=O) groups is 2. The van der Waals surface area contributed by atoms with Crippen molar-refractivity contribution in [3.8, 4) is 0 Å². The van der Waals surface area contributed by atoms with Gasteiger partial charge in [-0.3, -0.25) is 10.1 Å². The van der Waals surface area contributed by atoms with Crippen LogP contribution in [0, 0.1) is 0 Å². The van der Waals surface area contributed by atoms with Crippen molar-refractivity contribution >= 4 is 23.7 Å². The van der Waals surface area contributed by atoms with E-state index < -0.39 is 10.9 Å². The average molecular weight is 233 g/mol. The minimum Gasteiger partial charge on any atom is -0.468 e. The molecular formula is C9H15NO4S. The second-order valence-electron chi connectivity index (χ2n) is 3.28. The topological polar surface area (TPSA) is 64.6 Å². The van der Waals surface area contributed by atoms with E-state index in [-0.39, 0.29) is 11.9 Å². The third-order valence-electron chi connectivity index (χ3n) is 2.14. The van der Waals surface area contributed by atoms with Crippen molar-refractivity contribution in [2.75, 3.05) is 19.5 Å². The lowest BCUT2D eigenvalue weighted by Gasteiger charge is -2.21. The standard InChI is InChI=1S/C9H15NO4S/c1-4-14-8(12)9(2)10-6(5-15-9)7(11)13-3/h6,10H,4-5H2,1-3H3/t6-,9?/m0/s1. The number of thioether (sulfide) groups is 1. The third-order valence-corrected chi connectivity index (χ3v) is 3.50. The van der Waals surface area contributed by atoms with Gasteiger partial charge in [0.2, 0.25) is 0 Å². The van der Waals surface area contributed by atoms with E-state index in [1.165, 1.54) is 18.9 Å². The predicted octanol–water partition coefficient (Wildman–Crippen LogP) is 0.144. The maximum atomic E-state index is 11.6. The molecule has 2 atom stereocenters. The molecule has 0 bridgehead atoms. The van der Waals surface area contributed by atoms with Crippen molar-refractivity contribution < 1.29 is 19.1 Å². The first-order chi connectivity index (χ1) is 7.03. The van der Waals surface area contributed by atoms with Gasteiger partial charge in [0.25, 0.3) is 0 Å². The van der Waals surface area contributed by atoms with Gasteiger partial charge < -0.3 is 9.47 Å². The Bertz CT molecular complexity index is 271. The first-order valence-corrected chi connectivity index (χ1v) is 5.68. The molecule has 1 saturated heterocycles. The normalized spacial score (nSPS) is 29.9. The van der Waals surface area contributed by atoms with E-state index in [0.29, 0.717) is 12.4 Å². The molecule has 1 N–H and O–H groups in total. The molecule has 0 radical (unpaired) electrons. The Kier molecular flexibility index (Phi) is 3.98. The number of hydrogen-bond acceptors (Lipinski definition) is 6. The van der Waals surface area contributed by atoms with Crippen molar-refractivity contribution in [3.05, 3.63) is 0 Å². The van der Waals surface area contributed by atoms with Crippen LogP contribution in [0.2, 0.25) is 0 Å². The van der Waals surface area contributed by atoms with Gasteiger partial charge in [0, 0.05) is 5.75 Å². The van der Waals surface area contributed by atoms with Gasteiger partial charge >= 0.3 is 11.9 Å². The fourth-order valence-corrected chi connectivity index (χ4v) is 2.44. The van der Waals surface area contributed by atoms with E-state index in [0.717, 1.165) is 0 Å². The third kappa shape index (κ3) is 2.63. The molecule has 1 rings (SSSR count). The number of carbonyl (C=O) groups excluding carboxylic acids is 2. The molecule has 0 aromatic carbocycles. The molecular weight excluding hydrogens is 218 g/mol. The Hall–Kier alpha value is -0.750. The zero-order valence-corrected chi connectivity index (χ0v) is 9.85. The van der Waals surface area contributed by atoms with E-state index in [1.54, 1.807) is 13.8 Å². The minimum absolute atomic E-state index is 0.333. The molecule has 15 heavy (non-hydrogen) atoms. The fraction of sp³-hybridized carbons (Fsp3) is 0.778. The van der Waals surface area contributed by atoms with Crippen LogP contribution in [0.4, 0.5) is 0 Å². The molecule has 5 nitrogen and oxygen atoms in total. The lowest BCUT2D eigenvalue weighted by Crippen LogP contribution is -2.49. The molecule has 1 aliphatic heterocycles. The monoisotopic (exact) mass is 233 g/mol. The second-order valence-corrected chi connectivity index (χ2v) is 4.72. The summed E-state index contributed by atoms with van der Waals surface area (Å²) in [5, 5.41) is 2.92. The zero-order valence-electron chi connectivity index (χ0n) is 9.03. The van der Waals surface area contributed by atoms with E-state index in [1.807, 2.05) is 0 Å². The van der Waals surface area contributed by atoms with Crippen LogP contribution in [0.3, 0.4) is 0 Å². The lowest BCUT2D eigenvalue weighted by atomic mass is 10.2. The Morgan fingerprint density at radius 1 is 1.60 bits per heavy atom. The van der Waals surface area contributed by atoms with Gasteiger partial charge in [-0.1, -0.05) is 0 Å². The van der Waals surface area contributed by atoms with Crippen LogP contribution in [0.5, 0.6) is 0 Å². The zero-order chi connectivity index (χ0) is 11.5. The number of methoxy groups -OCH3 is 1. The number of ether oxygens (including phenoxy) is 2. The smallest absolute Gasteiger partial charge is 0.336 e. The molecule has 1 heterocycles. The summed E-state index contributed by atoms with van der Waals surface area (Å²) < 4.78 is 9.52. The van der Waals surface area contributed by atoms with Crippen LogP contribution < -0.4 is 5.32 Å². The summed E-state index contributed by atoms with van der Waals surface area (Å²) in [6.45, 7) is 3.79. The van der Waals surface area contributed by atoms with Crippen molar-refractivity contribution in [1.82, 2.24) is 5.32 Å². The minimum atomic E-state index is -0.838. The van der Waals surface area contributed by atoms with Gasteiger partial charge in [-0.2, -0.15) is 0 Å². The van der Waals surface area contributed by atoms with Gasteiger partial charge in [0.05, 0.1) is 13.7 Å². The van der Waals surface area contributed by atoms with E-state index in [4.69, 9.17) is 4.74 Å². The van der Waals surface area contributed by atoms with Crippen LogP contribution in [0.1, 0.15) is 13.8 Å². The first kappa shape index (κ1) is 12.3. The Labute approximate surface area is 92.9 Å². The number of rotatable bonds is 3. The Morgan fingerprint density at radius 3 is 2.80 bits per heavy atom. The molecule has 86 valence electrons. The largest absolute Gasteiger partial charge is 0.468 e. The van der Waals surface area contributed by atoms with Crippen LogP contribution >= 0.6 is 11.8 Å². The summed E-state index contributed by atoms with van der Waals surface area (Å²) in [7, 11) is 1.33. The van der Waals surface area contributed by atoms with Gasteiger partial charge in [-0.25, -0.2) is 4.79 Å². The quantitative estimate of drug-likeness (QED) is 0.700. The highest BCUT2D eigenvalue weighted by Gasteiger charge is 2.45. The van der Waals surface area contributed by atoms with Gasteiger partial charge in [0.1, 0.15) is 6.04 Å². The molecule has 0 aliphatic carbocycles. The highest BCUT2D eigenvalue weighted by Crippen LogP contribution is 2.31.